The van der Waals surface area contributed by atoms with Gasteiger partial charge in [-0.3, -0.25) is 18.8 Å². The number of fused-ring (bicyclic) bond motifs is 1. The first-order chi connectivity index (χ1) is 13.5. The van der Waals surface area contributed by atoms with Gasteiger partial charge in [0.25, 0.3) is 5.56 Å². The van der Waals surface area contributed by atoms with E-state index in [1.54, 1.807) is 7.05 Å². The van der Waals surface area contributed by atoms with E-state index in [9.17, 15) is 9.59 Å². The SMILES string of the molecule is Cc1ccccc1Cn1c(CN2CCOCC2)nc2c1c(=O)n(C)c(=O)n2C. The number of benzene rings is 1. The highest BCUT2D eigenvalue weighted by atomic mass is 16.5. The number of rotatable bonds is 4. The molecule has 8 heteroatoms. The number of hydrogen-bond acceptors (Lipinski definition) is 5. The Bertz CT molecular complexity index is 1140. The van der Waals surface area contributed by atoms with Gasteiger partial charge in [-0.15, -0.1) is 0 Å². The molecule has 0 spiro atoms. The fourth-order valence-corrected chi connectivity index (χ4v) is 3.70. The van der Waals surface area contributed by atoms with Gasteiger partial charge in [0.05, 0.1) is 19.8 Å². The summed E-state index contributed by atoms with van der Waals surface area (Å²) in [5.74, 6) is 0.790. The predicted octanol–water partition coefficient (Wildman–Crippen LogP) is 0.623. The van der Waals surface area contributed by atoms with E-state index in [2.05, 4.69) is 24.0 Å². The van der Waals surface area contributed by atoms with Crippen LogP contribution in [0, 0.1) is 6.92 Å². The maximum atomic E-state index is 13.0. The van der Waals surface area contributed by atoms with E-state index in [-0.39, 0.29) is 11.2 Å². The van der Waals surface area contributed by atoms with Gasteiger partial charge in [-0.25, -0.2) is 9.78 Å². The van der Waals surface area contributed by atoms with Gasteiger partial charge in [0.15, 0.2) is 11.2 Å². The fraction of sp³-hybridized carbons (Fsp3) is 0.450. The lowest BCUT2D eigenvalue weighted by molar-refractivity contribution is 0.0327. The summed E-state index contributed by atoms with van der Waals surface area (Å²) in [6.45, 7) is 6.24. The number of aromatic nitrogens is 4. The van der Waals surface area contributed by atoms with Crippen LogP contribution < -0.4 is 11.2 Å². The molecule has 0 amide bonds. The molecule has 0 aliphatic carbocycles. The van der Waals surface area contributed by atoms with E-state index in [4.69, 9.17) is 9.72 Å². The molecule has 0 radical (unpaired) electrons. The molecule has 1 aromatic carbocycles. The van der Waals surface area contributed by atoms with Crippen molar-refractivity contribution in [1.82, 2.24) is 23.6 Å². The Morgan fingerprint density at radius 2 is 1.75 bits per heavy atom. The summed E-state index contributed by atoms with van der Waals surface area (Å²) in [4.78, 5) is 32.3. The first kappa shape index (κ1) is 18.6. The molecule has 8 nitrogen and oxygen atoms in total. The van der Waals surface area contributed by atoms with Crippen molar-refractivity contribution in [2.75, 3.05) is 26.3 Å². The van der Waals surface area contributed by atoms with E-state index in [1.807, 2.05) is 16.7 Å². The van der Waals surface area contributed by atoms with Gasteiger partial charge >= 0.3 is 5.69 Å². The molecule has 1 saturated heterocycles. The molecule has 0 atom stereocenters. The topological polar surface area (TPSA) is 74.3 Å². The minimum Gasteiger partial charge on any atom is -0.379 e. The lowest BCUT2D eigenvalue weighted by Crippen LogP contribution is -2.38. The van der Waals surface area contributed by atoms with Crippen molar-refractivity contribution in [3.8, 4) is 0 Å². The molecule has 1 aliphatic rings. The van der Waals surface area contributed by atoms with Crippen molar-refractivity contribution < 1.29 is 4.74 Å². The Balaban J connectivity index is 1.90. The number of aryl methyl sites for hydroxylation is 2. The zero-order chi connectivity index (χ0) is 19.8. The van der Waals surface area contributed by atoms with Gasteiger partial charge in [0.2, 0.25) is 0 Å². The minimum atomic E-state index is -0.365. The average Bonchev–Trinajstić information content (AvgIpc) is 3.05. The van der Waals surface area contributed by atoms with Crippen LogP contribution in [0.5, 0.6) is 0 Å². The first-order valence-corrected chi connectivity index (χ1v) is 9.47. The van der Waals surface area contributed by atoms with Crippen molar-refractivity contribution >= 4 is 11.2 Å². The number of hydrogen-bond donors (Lipinski definition) is 0. The molecule has 0 N–H and O–H groups in total. The molecule has 0 bridgehead atoms. The van der Waals surface area contributed by atoms with E-state index in [1.165, 1.54) is 11.6 Å². The summed E-state index contributed by atoms with van der Waals surface area (Å²) in [7, 11) is 3.17. The molecule has 148 valence electrons. The van der Waals surface area contributed by atoms with Gasteiger partial charge < -0.3 is 9.30 Å². The molecule has 4 rings (SSSR count). The lowest BCUT2D eigenvalue weighted by Gasteiger charge is -2.26. The monoisotopic (exact) mass is 383 g/mol. The van der Waals surface area contributed by atoms with Crippen LogP contribution in [0.25, 0.3) is 11.2 Å². The number of nitrogens with zero attached hydrogens (tertiary/aromatic N) is 5. The summed E-state index contributed by atoms with van der Waals surface area (Å²) in [5.41, 5.74) is 2.51. The van der Waals surface area contributed by atoms with Crippen LogP contribution in [0.1, 0.15) is 17.0 Å². The highest BCUT2D eigenvalue weighted by molar-refractivity contribution is 5.71. The van der Waals surface area contributed by atoms with Crippen LogP contribution in [-0.4, -0.2) is 49.9 Å². The van der Waals surface area contributed by atoms with Gasteiger partial charge in [-0.1, -0.05) is 24.3 Å². The second kappa shape index (κ2) is 7.37. The molecule has 0 saturated carbocycles. The van der Waals surface area contributed by atoms with Crippen LogP contribution in [-0.2, 0) is 31.9 Å². The molecule has 2 aromatic heterocycles. The molecule has 3 heterocycles. The standard InChI is InChI=1S/C20H25N5O3/c1-14-6-4-5-7-15(14)12-25-16(13-24-8-10-28-11-9-24)21-18-17(25)19(26)23(3)20(27)22(18)2/h4-7H,8-13H2,1-3H3. The maximum Gasteiger partial charge on any atom is 0.332 e. The number of ether oxygens (including phenoxy) is 1. The molecule has 0 unspecified atom stereocenters. The zero-order valence-corrected chi connectivity index (χ0v) is 16.5. The quantitative estimate of drug-likeness (QED) is 0.660. The van der Waals surface area contributed by atoms with Gasteiger partial charge in [-0.2, -0.15) is 0 Å². The Morgan fingerprint density at radius 1 is 1.04 bits per heavy atom. The second-order valence-electron chi connectivity index (χ2n) is 7.31. The fourth-order valence-electron chi connectivity index (χ4n) is 3.70. The van der Waals surface area contributed by atoms with Crippen molar-refractivity contribution in [1.29, 1.82) is 0 Å². The average molecular weight is 383 g/mol. The van der Waals surface area contributed by atoms with Crippen molar-refractivity contribution in [2.24, 2.45) is 14.1 Å². The van der Waals surface area contributed by atoms with Crippen molar-refractivity contribution in [3.63, 3.8) is 0 Å². The van der Waals surface area contributed by atoms with Gasteiger partial charge in [0, 0.05) is 33.7 Å². The largest absolute Gasteiger partial charge is 0.379 e. The zero-order valence-electron chi connectivity index (χ0n) is 16.5. The van der Waals surface area contributed by atoms with E-state index in [0.29, 0.717) is 37.5 Å². The summed E-state index contributed by atoms with van der Waals surface area (Å²) in [6, 6.07) is 8.12. The molecular formula is C20H25N5O3. The lowest BCUT2D eigenvalue weighted by atomic mass is 10.1. The van der Waals surface area contributed by atoms with Crippen molar-refractivity contribution in [2.45, 2.75) is 20.0 Å². The summed E-state index contributed by atoms with van der Waals surface area (Å²) >= 11 is 0. The molecule has 1 fully saturated rings. The minimum absolute atomic E-state index is 0.313. The van der Waals surface area contributed by atoms with Crippen LogP contribution in [0.15, 0.2) is 33.9 Å². The van der Waals surface area contributed by atoms with E-state index >= 15 is 0 Å². The molecular weight excluding hydrogens is 358 g/mol. The third-order valence-corrected chi connectivity index (χ3v) is 5.49. The van der Waals surface area contributed by atoms with Crippen LogP contribution in [0.3, 0.4) is 0 Å². The Hall–Kier alpha value is -2.71. The maximum absolute atomic E-state index is 13.0. The number of morpholine rings is 1. The first-order valence-electron chi connectivity index (χ1n) is 9.47. The smallest absolute Gasteiger partial charge is 0.332 e. The van der Waals surface area contributed by atoms with E-state index < -0.39 is 0 Å². The summed E-state index contributed by atoms with van der Waals surface area (Å²) in [5, 5.41) is 0. The molecule has 3 aromatic rings. The highest BCUT2D eigenvalue weighted by Gasteiger charge is 2.22. The third kappa shape index (κ3) is 3.18. The molecule has 28 heavy (non-hydrogen) atoms. The Morgan fingerprint density at radius 3 is 2.46 bits per heavy atom. The summed E-state index contributed by atoms with van der Waals surface area (Å²) in [6.07, 6.45) is 0. The second-order valence-corrected chi connectivity index (χ2v) is 7.31. The Kier molecular flexibility index (Phi) is 4.91. The normalized spacial score (nSPS) is 15.4. The third-order valence-electron chi connectivity index (χ3n) is 5.49. The van der Waals surface area contributed by atoms with E-state index in [0.717, 1.165) is 34.6 Å². The molecule has 1 aliphatic heterocycles. The van der Waals surface area contributed by atoms with Crippen LogP contribution >= 0.6 is 0 Å². The van der Waals surface area contributed by atoms with Crippen LogP contribution in [0.2, 0.25) is 0 Å². The number of imidazole rings is 1. The predicted molar refractivity (Wildman–Crippen MR) is 107 cm³/mol. The summed E-state index contributed by atoms with van der Waals surface area (Å²) < 4.78 is 10.0. The van der Waals surface area contributed by atoms with Gasteiger partial charge in [0.1, 0.15) is 5.82 Å². The van der Waals surface area contributed by atoms with Gasteiger partial charge in [-0.05, 0) is 18.1 Å². The van der Waals surface area contributed by atoms with Crippen LogP contribution in [0.4, 0.5) is 0 Å². The van der Waals surface area contributed by atoms with Crippen molar-refractivity contribution in [3.05, 3.63) is 62.1 Å². The highest BCUT2D eigenvalue weighted by Crippen LogP contribution is 2.18. The Labute approximate surface area is 162 Å².